The van der Waals surface area contributed by atoms with E-state index in [1.54, 1.807) is 30.3 Å². The fourth-order valence-electron chi connectivity index (χ4n) is 4.84. The van der Waals surface area contributed by atoms with Crippen molar-refractivity contribution in [1.82, 2.24) is 24.2 Å². The first-order valence-corrected chi connectivity index (χ1v) is 15.0. The maximum absolute atomic E-state index is 13.7. The molecule has 0 aliphatic carbocycles. The Hall–Kier alpha value is -3.65. The van der Waals surface area contributed by atoms with Crippen molar-refractivity contribution in [3.05, 3.63) is 72.2 Å². The summed E-state index contributed by atoms with van der Waals surface area (Å²) in [6, 6.07) is 13.5. The van der Waals surface area contributed by atoms with Crippen LogP contribution in [0.15, 0.2) is 65.7 Å². The maximum atomic E-state index is 13.7. The number of benzene rings is 2. The molecular weight excluding hydrogens is 569 g/mol. The van der Waals surface area contributed by atoms with E-state index in [-0.39, 0.29) is 16.2 Å². The van der Waals surface area contributed by atoms with Crippen LogP contribution < -0.4 is 5.32 Å². The summed E-state index contributed by atoms with van der Waals surface area (Å²) >= 11 is 0. The molecule has 3 heterocycles. The molecule has 222 valence electrons. The molecule has 0 radical (unpaired) electrons. The molecule has 42 heavy (non-hydrogen) atoms. The van der Waals surface area contributed by atoms with Crippen molar-refractivity contribution in [1.29, 1.82) is 0 Å². The van der Waals surface area contributed by atoms with E-state index in [0.717, 1.165) is 19.0 Å². The fourth-order valence-corrected chi connectivity index (χ4v) is 6.25. The van der Waals surface area contributed by atoms with Crippen molar-refractivity contribution in [3.63, 3.8) is 0 Å². The maximum Gasteiger partial charge on any atom is 0.418 e. The molecule has 1 aliphatic heterocycles. The van der Waals surface area contributed by atoms with Crippen LogP contribution in [0.25, 0.3) is 22.2 Å². The molecule has 1 fully saturated rings. The van der Waals surface area contributed by atoms with E-state index < -0.39 is 21.8 Å². The Balaban J connectivity index is 1.51. The highest BCUT2D eigenvalue weighted by molar-refractivity contribution is 7.89. The lowest BCUT2D eigenvalue weighted by Crippen LogP contribution is -2.40. The molecule has 0 saturated carbocycles. The van der Waals surface area contributed by atoms with Gasteiger partial charge in [0.2, 0.25) is 10.0 Å². The van der Waals surface area contributed by atoms with Crippen LogP contribution in [0.3, 0.4) is 0 Å². The molecule has 2 aromatic heterocycles. The van der Waals surface area contributed by atoms with E-state index in [4.69, 9.17) is 9.72 Å². The molecule has 1 aliphatic rings. The summed E-state index contributed by atoms with van der Waals surface area (Å²) in [7, 11) is -1.71. The second kappa shape index (κ2) is 12.3. The minimum absolute atomic E-state index is 0.171. The van der Waals surface area contributed by atoms with Crippen LogP contribution in [0.2, 0.25) is 0 Å². The third-order valence-electron chi connectivity index (χ3n) is 6.87. The number of nitrogens with one attached hydrogen (secondary N) is 1. The van der Waals surface area contributed by atoms with Crippen LogP contribution in [0.4, 0.5) is 24.7 Å². The molecule has 13 heteroatoms. The average molecular weight is 601 g/mol. The van der Waals surface area contributed by atoms with Gasteiger partial charge in [-0.15, -0.1) is 0 Å². The van der Waals surface area contributed by atoms with E-state index in [9.17, 15) is 21.6 Å². The number of hydrogen-bond donors (Lipinski definition) is 1. The lowest BCUT2D eigenvalue weighted by molar-refractivity contribution is -0.137. The SMILES string of the molecule is CCCN(C)Cc1nc(Nc2ccc(S(=O)(=O)N3CCOCC3)cc2)c2ccc(-c3ncccc3C(F)(F)F)cc2n1. The molecule has 0 unspecified atom stereocenters. The Morgan fingerprint density at radius 1 is 1.05 bits per heavy atom. The summed E-state index contributed by atoms with van der Waals surface area (Å²) in [5.41, 5.74) is 0.325. The van der Waals surface area contributed by atoms with Crippen molar-refractivity contribution in [2.45, 2.75) is 31.0 Å². The largest absolute Gasteiger partial charge is 0.418 e. The molecule has 0 amide bonds. The normalized spacial score (nSPS) is 14.9. The highest BCUT2D eigenvalue weighted by Gasteiger charge is 2.34. The molecule has 0 spiro atoms. The summed E-state index contributed by atoms with van der Waals surface area (Å²) < 4.78 is 73.8. The van der Waals surface area contributed by atoms with Crippen LogP contribution in [-0.2, 0) is 27.5 Å². The predicted octanol–water partition coefficient (Wildman–Crippen LogP) is 5.32. The number of alkyl halides is 3. The number of fused-ring (bicyclic) bond motifs is 1. The van der Waals surface area contributed by atoms with Gasteiger partial charge in [-0.1, -0.05) is 13.0 Å². The first-order chi connectivity index (χ1) is 20.1. The van der Waals surface area contributed by atoms with E-state index in [1.807, 2.05) is 7.05 Å². The molecule has 0 atom stereocenters. The summed E-state index contributed by atoms with van der Waals surface area (Å²) in [5, 5.41) is 3.84. The second-order valence-corrected chi connectivity index (χ2v) is 12.0. The van der Waals surface area contributed by atoms with E-state index >= 15 is 0 Å². The van der Waals surface area contributed by atoms with E-state index in [1.165, 1.54) is 28.7 Å². The summed E-state index contributed by atoms with van der Waals surface area (Å²) in [6.45, 7) is 4.61. The number of hydrogen-bond acceptors (Lipinski definition) is 8. The van der Waals surface area contributed by atoms with Gasteiger partial charge in [-0.2, -0.15) is 17.5 Å². The zero-order valence-corrected chi connectivity index (χ0v) is 24.0. The number of morpholine rings is 1. The predicted molar refractivity (Wildman–Crippen MR) is 154 cm³/mol. The molecular formula is C29H31F3N6O3S. The molecule has 1 N–H and O–H groups in total. The van der Waals surface area contributed by atoms with Crippen LogP contribution in [0, 0.1) is 0 Å². The van der Waals surface area contributed by atoms with Gasteiger partial charge in [0, 0.05) is 35.9 Å². The number of sulfonamides is 1. The van der Waals surface area contributed by atoms with Crippen molar-refractivity contribution in [2.75, 3.05) is 45.2 Å². The quantitative estimate of drug-likeness (QED) is 0.276. The third-order valence-corrected chi connectivity index (χ3v) is 8.78. The van der Waals surface area contributed by atoms with Crippen molar-refractivity contribution in [3.8, 4) is 11.3 Å². The average Bonchev–Trinajstić information content (AvgIpc) is 2.97. The number of rotatable bonds is 9. The van der Waals surface area contributed by atoms with Gasteiger partial charge in [0.05, 0.1) is 41.4 Å². The van der Waals surface area contributed by atoms with Crippen LogP contribution in [0.5, 0.6) is 0 Å². The minimum Gasteiger partial charge on any atom is -0.379 e. The van der Waals surface area contributed by atoms with Gasteiger partial charge in [0.15, 0.2) is 0 Å². The first kappa shape index (κ1) is 29.8. The van der Waals surface area contributed by atoms with Gasteiger partial charge < -0.3 is 10.1 Å². The smallest absolute Gasteiger partial charge is 0.379 e. The Labute approximate surface area is 242 Å². The Morgan fingerprint density at radius 3 is 2.48 bits per heavy atom. The van der Waals surface area contributed by atoms with E-state index in [2.05, 4.69) is 27.1 Å². The zero-order valence-electron chi connectivity index (χ0n) is 23.2. The molecule has 2 aromatic carbocycles. The molecule has 9 nitrogen and oxygen atoms in total. The second-order valence-electron chi connectivity index (χ2n) is 10.0. The fraction of sp³-hybridized carbons (Fsp3) is 0.345. The highest BCUT2D eigenvalue weighted by atomic mass is 32.2. The number of nitrogens with zero attached hydrogens (tertiary/aromatic N) is 5. The minimum atomic E-state index is -4.56. The van der Waals surface area contributed by atoms with Crippen LogP contribution >= 0.6 is 0 Å². The van der Waals surface area contributed by atoms with Gasteiger partial charge in [0.25, 0.3) is 0 Å². The topological polar surface area (TPSA) is 101 Å². The van der Waals surface area contributed by atoms with Gasteiger partial charge in [-0.05, 0) is 68.5 Å². The Kier molecular flexibility index (Phi) is 8.73. The van der Waals surface area contributed by atoms with E-state index in [0.29, 0.717) is 61.1 Å². The number of pyridine rings is 1. The van der Waals surface area contributed by atoms with Gasteiger partial charge >= 0.3 is 6.18 Å². The Bertz CT molecular complexity index is 1660. The van der Waals surface area contributed by atoms with Gasteiger partial charge in [-0.25, -0.2) is 18.4 Å². The summed E-state index contributed by atoms with van der Waals surface area (Å²) in [4.78, 5) is 15.7. The number of halogens is 3. The summed E-state index contributed by atoms with van der Waals surface area (Å²) in [6.07, 6.45) is -2.30. The monoisotopic (exact) mass is 600 g/mol. The zero-order chi connectivity index (χ0) is 29.9. The van der Waals surface area contributed by atoms with Crippen LogP contribution in [-0.4, -0.2) is 72.5 Å². The lowest BCUT2D eigenvalue weighted by atomic mass is 10.0. The summed E-state index contributed by atoms with van der Waals surface area (Å²) in [5.74, 6) is 0.939. The van der Waals surface area contributed by atoms with Gasteiger partial charge in [-0.3, -0.25) is 9.88 Å². The van der Waals surface area contributed by atoms with Crippen molar-refractivity contribution >= 4 is 32.4 Å². The molecule has 0 bridgehead atoms. The third kappa shape index (κ3) is 6.54. The van der Waals surface area contributed by atoms with Crippen molar-refractivity contribution < 1.29 is 26.3 Å². The number of anilines is 2. The molecule has 4 aromatic rings. The van der Waals surface area contributed by atoms with Gasteiger partial charge in [0.1, 0.15) is 11.6 Å². The lowest BCUT2D eigenvalue weighted by Gasteiger charge is -2.26. The first-order valence-electron chi connectivity index (χ1n) is 13.5. The molecule has 1 saturated heterocycles. The van der Waals surface area contributed by atoms with Crippen LogP contribution in [0.1, 0.15) is 24.7 Å². The number of ether oxygens (including phenoxy) is 1. The van der Waals surface area contributed by atoms with Crippen molar-refractivity contribution in [2.24, 2.45) is 0 Å². The number of aromatic nitrogens is 3. The molecule has 5 rings (SSSR count). The Morgan fingerprint density at radius 2 is 1.79 bits per heavy atom. The standard InChI is InChI=1S/C29H31F3N6O3S/c1-3-13-37(2)19-26-35-25-18-20(27-24(29(30,31)32)5-4-12-33-27)6-11-23(25)28(36-26)34-21-7-9-22(10-8-21)42(39,40)38-14-16-41-17-15-38/h4-12,18H,3,13-17,19H2,1-2H3,(H,34,35,36). The highest BCUT2D eigenvalue weighted by Crippen LogP contribution is 2.37.